The summed E-state index contributed by atoms with van der Waals surface area (Å²) in [6, 6.07) is 5.71. The molecule has 0 N–H and O–H groups in total. The van der Waals surface area contributed by atoms with Crippen LogP contribution in [0.3, 0.4) is 0 Å². The van der Waals surface area contributed by atoms with Crippen LogP contribution in [0, 0.1) is 13.8 Å². The Hall–Kier alpha value is -1.16. The van der Waals surface area contributed by atoms with Crippen molar-refractivity contribution in [2.24, 2.45) is 0 Å². The molecule has 0 radical (unpaired) electrons. The second-order valence-corrected chi connectivity index (χ2v) is 6.88. The van der Waals surface area contributed by atoms with Crippen LogP contribution in [0.1, 0.15) is 36.5 Å². The third-order valence-electron chi connectivity index (χ3n) is 2.58. The zero-order valence-corrected chi connectivity index (χ0v) is 12.0. The first-order valence-corrected chi connectivity index (χ1v) is 7.94. The highest BCUT2D eigenvalue weighted by atomic mass is 32.2. The van der Waals surface area contributed by atoms with E-state index >= 15 is 0 Å². The molecule has 0 heterocycles. The van der Waals surface area contributed by atoms with Gasteiger partial charge in [0.25, 0.3) is 0 Å². The van der Waals surface area contributed by atoms with E-state index in [-0.39, 0.29) is 17.3 Å². The standard InChI is InChI=1S/C14H20O3S/c1-4-5-14(15)10-18(16,17)9-13-7-11(2)6-12(3)8-13/h6-8H,4-5,9-10H2,1-3H3. The number of hydrogen-bond donors (Lipinski definition) is 0. The van der Waals surface area contributed by atoms with Crippen molar-refractivity contribution >= 4 is 15.6 Å². The van der Waals surface area contributed by atoms with Gasteiger partial charge < -0.3 is 0 Å². The van der Waals surface area contributed by atoms with E-state index < -0.39 is 9.84 Å². The lowest BCUT2D eigenvalue weighted by molar-refractivity contribution is -0.116. The summed E-state index contributed by atoms with van der Waals surface area (Å²) in [5.74, 6) is -0.583. The summed E-state index contributed by atoms with van der Waals surface area (Å²) >= 11 is 0. The lowest BCUT2D eigenvalue weighted by Gasteiger charge is -2.06. The maximum atomic E-state index is 11.9. The minimum absolute atomic E-state index is 0.0506. The molecule has 0 aliphatic rings. The molecule has 0 saturated heterocycles. The first-order chi connectivity index (χ1) is 8.32. The molecule has 0 aromatic heterocycles. The van der Waals surface area contributed by atoms with Gasteiger partial charge in [-0.1, -0.05) is 36.2 Å². The van der Waals surface area contributed by atoms with Crippen molar-refractivity contribution in [1.29, 1.82) is 0 Å². The molecule has 0 unspecified atom stereocenters. The maximum absolute atomic E-state index is 11.9. The second-order valence-electron chi connectivity index (χ2n) is 4.82. The van der Waals surface area contributed by atoms with Gasteiger partial charge in [-0.05, 0) is 25.8 Å². The van der Waals surface area contributed by atoms with Crippen LogP contribution >= 0.6 is 0 Å². The molecule has 0 bridgehead atoms. The van der Waals surface area contributed by atoms with Crippen LogP contribution in [0.15, 0.2) is 18.2 Å². The van der Waals surface area contributed by atoms with Gasteiger partial charge in [0.05, 0.1) is 5.75 Å². The third kappa shape index (κ3) is 5.00. The summed E-state index contributed by atoms with van der Waals surface area (Å²) < 4.78 is 23.8. The molecule has 0 aliphatic heterocycles. The van der Waals surface area contributed by atoms with Crippen molar-refractivity contribution in [3.63, 3.8) is 0 Å². The summed E-state index contributed by atoms with van der Waals surface area (Å²) in [5, 5.41) is 0. The number of carbonyl (C=O) groups excluding carboxylic acids is 1. The predicted octanol–water partition coefficient (Wildman–Crippen LogP) is 2.59. The maximum Gasteiger partial charge on any atom is 0.161 e. The molecule has 0 fully saturated rings. The molecule has 1 aromatic rings. The fraction of sp³-hybridized carbons (Fsp3) is 0.500. The quantitative estimate of drug-likeness (QED) is 0.797. The fourth-order valence-corrected chi connectivity index (χ4v) is 3.47. The van der Waals surface area contributed by atoms with E-state index in [9.17, 15) is 13.2 Å². The van der Waals surface area contributed by atoms with Gasteiger partial charge in [-0.25, -0.2) is 8.42 Å². The summed E-state index contributed by atoms with van der Waals surface area (Å²) in [5.41, 5.74) is 2.84. The van der Waals surface area contributed by atoms with Crippen LogP contribution in [0.4, 0.5) is 0 Å². The number of Topliss-reactive ketones (excluding diaryl/α,β-unsaturated/α-hetero) is 1. The van der Waals surface area contributed by atoms with E-state index in [4.69, 9.17) is 0 Å². The van der Waals surface area contributed by atoms with Gasteiger partial charge in [-0.2, -0.15) is 0 Å². The van der Waals surface area contributed by atoms with E-state index in [1.54, 1.807) is 0 Å². The minimum atomic E-state index is -3.34. The highest BCUT2D eigenvalue weighted by molar-refractivity contribution is 7.91. The predicted molar refractivity (Wildman–Crippen MR) is 73.3 cm³/mol. The van der Waals surface area contributed by atoms with Crippen LogP contribution in [0.2, 0.25) is 0 Å². The third-order valence-corrected chi connectivity index (χ3v) is 4.11. The van der Waals surface area contributed by atoms with Gasteiger partial charge in [0.2, 0.25) is 0 Å². The molecule has 3 nitrogen and oxygen atoms in total. The molecular formula is C14H20O3S. The van der Waals surface area contributed by atoms with Crippen molar-refractivity contribution in [3.8, 4) is 0 Å². The average Bonchev–Trinajstić information content (AvgIpc) is 2.13. The zero-order chi connectivity index (χ0) is 13.8. The number of rotatable bonds is 6. The Balaban J connectivity index is 2.79. The van der Waals surface area contributed by atoms with Gasteiger partial charge in [-0.3, -0.25) is 4.79 Å². The molecule has 0 atom stereocenters. The number of ketones is 1. The zero-order valence-electron chi connectivity index (χ0n) is 11.2. The molecule has 1 aromatic carbocycles. The van der Waals surface area contributed by atoms with Crippen LogP contribution in [0.25, 0.3) is 0 Å². The summed E-state index contributed by atoms with van der Waals surface area (Å²) in [7, 11) is -3.34. The molecule has 0 amide bonds. The Labute approximate surface area is 109 Å². The molecular weight excluding hydrogens is 248 g/mol. The minimum Gasteiger partial charge on any atom is -0.299 e. The molecule has 0 spiro atoms. The molecule has 0 saturated carbocycles. The van der Waals surface area contributed by atoms with Crippen molar-refractivity contribution in [2.75, 3.05) is 5.75 Å². The van der Waals surface area contributed by atoms with Crippen LogP contribution in [-0.4, -0.2) is 20.0 Å². The largest absolute Gasteiger partial charge is 0.299 e. The topological polar surface area (TPSA) is 51.2 Å². The van der Waals surface area contributed by atoms with E-state index in [1.165, 1.54) is 0 Å². The number of aryl methyl sites for hydroxylation is 2. The van der Waals surface area contributed by atoms with E-state index in [1.807, 2.05) is 39.0 Å². The lowest BCUT2D eigenvalue weighted by atomic mass is 10.1. The van der Waals surface area contributed by atoms with Gasteiger partial charge in [0, 0.05) is 6.42 Å². The average molecular weight is 268 g/mol. The summed E-state index contributed by atoms with van der Waals surface area (Å²) in [6.07, 6.45) is 1.03. The number of sulfone groups is 1. The Bertz CT molecular complexity index is 510. The Morgan fingerprint density at radius 1 is 1.11 bits per heavy atom. The van der Waals surface area contributed by atoms with Gasteiger partial charge in [0.15, 0.2) is 9.84 Å². The van der Waals surface area contributed by atoms with Gasteiger partial charge in [0.1, 0.15) is 11.5 Å². The number of benzene rings is 1. The smallest absolute Gasteiger partial charge is 0.161 e. The van der Waals surface area contributed by atoms with Crippen LogP contribution in [-0.2, 0) is 20.4 Å². The second kappa shape index (κ2) is 6.14. The number of carbonyl (C=O) groups is 1. The van der Waals surface area contributed by atoms with Crippen LogP contribution < -0.4 is 0 Å². The first-order valence-electron chi connectivity index (χ1n) is 6.11. The van der Waals surface area contributed by atoms with Crippen LogP contribution in [0.5, 0.6) is 0 Å². The molecule has 1 rings (SSSR count). The molecule has 100 valence electrons. The monoisotopic (exact) mass is 268 g/mol. The Morgan fingerprint density at radius 3 is 2.17 bits per heavy atom. The Morgan fingerprint density at radius 2 is 1.67 bits per heavy atom. The lowest BCUT2D eigenvalue weighted by Crippen LogP contribution is -2.17. The highest BCUT2D eigenvalue weighted by Crippen LogP contribution is 2.13. The SMILES string of the molecule is CCCC(=O)CS(=O)(=O)Cc1cc(C)cc(C)c1. The van der Waals surface area contributed by atoms with E-state index in [0.717, 1.165) is 16.7 Å². The van der Waals surface area contributed by atoms with Crippen molar-refractivity contribution < 1.29 is 13.2 Å². The normalized spacial score (nSPS) is 11.5. The molecule has 4 heteroatoms. The Kier molecular flexibility index (Phi) is 5.08. The molecule has 18 heavy (non-hydrogen) atoms. The van der Waals surface area contributed by atoms with E-state index in [0.29, 0.717) is 12.8 Å². The summed E-state index contributed by atoms with van der Waals surface area (Å²) in [4.78, 5) is 11.4. The van der Waals surface area contributed by atoms with Crippen molar-refractivity contribution in [2.45, 2.75) is 39.4 Å². The van der Waals surface area contributed by atoms with Gasteiger partial charge >= 0.3 is 0 Å². The van der Waals surface area contributed by atoms with Crippen molar-refractivity contribution in [3.05, 3.63) is 34.9 Å². The molecule has 0 aliphatic carbocycles. The van der Waals surface area contributed by atoms with E-state index in [2.05, 4.69) is 0 Å². The number of hydrogen-bond acceptors (Lipinski definition) is 3. The highest BCUT2D eigenvalue weighted by Gasteiger charge is 2.17. The fourth-order valence-electron chi connectivity index (χ4n) is 2.05. The first kappa shape index (κ1) is 14.9. The van der Waals surface area contributed by atoms with Crippen molar-refractivity contribution in [1.82, 2.24) is 0 Å². The summed E-state index contributed by atoms with van der Waals surface area (Å²) in [6.45, 7) is 5.74. The van der Waals surface area contributed by atoms with Gasteiger partial charge in [-0.15, -0.1) is 0 Å².